The van der Waals surface area contributed by atoms with Crippen molar-refractivity contribution in [3.8, 4) is 0 Å². The molecule has 102 valence electrons. The maximum Gasteiger partial charge on any atom is 0.258 e. The fourth-order valence-corrected chi connectivity index (χ4v) is 1.83. The molecule has 4 nitrogen and oxygen atoms in total. The quantitative estimate of drug-likeness (QED) is 0.898. The van der Waals surface area contributed by atoms with Crippen molar-refractivity contribution in [2.75, 3.05) is 10.6 Å². The molecule has 20 heavy (non-hydrogen) atoms. The van der Waals surface area contributed by atoms with Gasteiger partial charge in [-0.3, -0.25) is 4.79 Å². The number of amides is 1. The molecule has 0 bridgehead atoms. The molecule has 1 amide bonds. The number of hydrogen-bond acceptors (Lipinski definition) is 3. The molecule has 0 atom stereocenters. The topological polar surface area (TPSA) is 54.0 Å². The number of pyridine rings is 1. The molecule has 1 aliphatic rings. The summed E-state index contributed by atoms with van der Waals surface area (Å²) in [6.45, 7) is 0. The summed E-state index contributed by atoms with van der Waals surface area (Å²) in [5.74, 6) is -0.228. The smallest absolute Gasteiger partial charge is 0.258 e. The number of aromatic nitrogens is 1. The Labute approximate surface area is 116 Å². The van der Waals surface area contributed by atoms with E-state index in [1.54, 1.807) is 30.5 Å². The van der Waals surface area contributed by atoms with E-state index in [4.69, 9.17) is 0 Å². The molecule has 2 N–H and O–H groups in total. The standard InChI is InChI=1S/C15H14FN3O/c16-13-4-2-1-3-12(13)15(20)19-11-7-8-14(17-9-11)18-10-5-6-10/h1-4,7-10H,5-6H2,(H,17,18)(H,19,20). The Morgan fingerprint density at radius 2 is 2.00 bits per heavy atom. The lowest BCUT2D eigenvalue weighted by Crippen LogP contribution is -2.14. The maximum atomic E-state index is 13.5. The molecule has 1 fully saturated rings. The Balaban J connectivity index is 1.67. The van der Waals surface area contributed by atoms with Crippen LogP contribution in [-0.4, -0.2) is 16.9 Å². The first-order chi connectivity index (χ1) is 9.72. The van der Waals surface area contributed by atoms with Crippen molar-refractivity contribution in [2.45, 2.75) is 18.9 Å². The van der Waals surface area contributed by atoms with E-state index >= 15 is 0 Å². The van der Waals surface area contributed by atoms with Crippen molar-refractivity contribution in [2.24, 2.45) is 0 Å². The molecule has 0 unspecified atom stereocenters. The highest BCUT2D eigenvalue weighted by Crippen LogP contribution is 2.24. The van der Waals surface area contributed by atoms with Crippen molar-refractivity contribution in [3.05, 3.63) is 54.0 Å². The van der Waals surface area contributed by atoms with Crippen LogP contribution >= 0.6 is 0 Å². The molecule has 1 heterocycles. The van der Waals surface area contributed by atoms with Crippen LogP contribution in [0.25, 0.3) is 0 Å². The number of anilines is 2. The molecule has 1 aromatic heterocycles. The van der Waals surface area contributed by atoms with E-state index < -0.39 is 11.7 Å². The summed E-state index contributed by atoms with van der Waals surface area (Å²) in [5.41, 5.74) is 0.562. The normalized spacial score (nSPS) is 13.8. The molecular formula is C15H14FN3O. The average molecular weight is 271 g/mol. The molecule has 0 saturated heterocycles. The SMILES string of the molecule is O=C(Nc1ccc(NC2CC2)nc1)c1ccccc1F. The number of carbonyl (C=O) groups excluding carboxylic acids is 1. The summed E-state index contributed by atoms with van der Waals surface area (Å²) in [7, 11) is 0. The zero-order valence-corrected chi connectivity index (χ0v) is 10.8. The highest BCUT2D eigenvalue weighted by atomic mass is 19.1. The number of nitrogens with zero attached hydrogens (tertiary/aromatic N) is 1. The minimum atomic E-state index is -0.537. The lowest BCUT2D eigenvalue weighted by molar-refractivity contribution is 0.102. The Morgan fingerprint density at radius 1 is 1.20 bits per heavy atom. The first kappa shape index (κ1) is 12.6. The number of nitrogens with one attached hydrogen (secondary N) is 2. The molecule has 0 aliphatic heterocycles. The predicted molar refractivity (Wildman–Crippen MR) is 75.2 cm³/mol. The highest BCUT2D eigenvalue weighted by molar-refractivity contribution is 6.04. The lowest BCUT2D eigenvalue weighted by Gasteiger charge is -2.07. The van der Waals surface area contributed by atoms with Gasteiger partial charge in [0, 0.05) is 6.04 Å². The fraction of sp³-hybridized carbons (Fsp3) is 0.200. The van der Waals surface area contributed by atoms with E-state index in [1.165, 1.54) is 25.0 Å². The van der Waals surface area contributed by atoms with Gasteiger partial charge < -0.3 is 10.6 Å². The highest BCUT2D eigenvalue weighted by Gasteiger charge is 2.21. The second-order valence-electron chi connectivity index (χ2n) is 4.78. The van der Waals surface area contributed by atoms with Crippen LogP contribution in [0.1, 0.15) is 23.2 Å². The van der Waals surface area contributed by atoms with Crippen LogP contribution in [-0.2, 0) is 0 Å². The molecule has 2 aromatic rings. The third-order valence-corrected chi connectivity index (χ3v) is 3.07. The average Bonchev–Trinajstić information content (AvgIpc) is 3.25. The van der Waals surface area contributed by atoms with Crippen LogP contribution < -0.4 is 10.6 Å². The van der Waals surface area contributed by atoms with Crippen LogP contribution in [0.3, 0.4) is 0 Å². The minimum Gasteiger partial charge on any atom is -0.367 e. The van der Waals surface area contributed by atoms with Gasteiger partial charge in [0.25, 0.3) is 5.91 Å². The van der Waals surface area contributed by atoms with E-state index in [2.05, 4.69) is 15.6 Å². The third-order valence-electron chi connectivity index (χ3n) is 3.07. The van der Waals surface area contributed by atoms with Gasteiger partial charge in [-0.1, -0.05) is 12.1 Å². The van der Waals surface area contributed by atoms with Crippen LogP contribution in [0.2, 0.25) is 0 Å². The van der Waals surface area contributed by atoms with Gasteiger partial charge in [-0.05, 0) is 37.1 Å². The Hall–Kier alpha value is -2.43. The number of benzene rings is 1. The second kappa shape index (κ2) is 5.28. The first-order valence-electron chi connectivity index (χ1n) is 6.51. The van der Waals surface area contributed by atoms with Crippen LogP contribution in [0.4, 0.5) is 15.9 Å². The van der Waals surface area contributed by atoms with E-state index in [9.17, 15) is 9.18 Å². The zero-order chi connectivity index (χ0) is 13.9. The predicted octanol–water partition coefficient (Wildman–Crippen LogP) is 3.05. The van der Waals surface area contributed by atoms with Gasteiger partial charge in [0.05, 0.1) is 17.4 Å². The molecule has 5 heteroatoms. The van der Waals surface area contributed by atoms with E-state index in [0.717, 1.165) is 5.82 Å². The number of hydrogen-bond donors (Lipinski definition) is 2. The van der Waals surface area contributed by atoms with Gasteiger partial charge in [0.2, 0.25) is 0 Å². The van der Waals surface area contributed by atoms with Crippen molar-refractivity contribution in [1.82, 2.24) is 4.98 Å². The van der Waals surface area contributed by atoms with Gasteiger partial charge in [-0.15, -0.1) is 0 Å². The summed E-state index contributed by atoms with van der Waals surface area (Å²) in [6, 6.07) is 9.95. The number of halogens is 1. The summed E-state index contributed by atoms with van der Waals surface area (Å²) in [6.07, 6.45) is 3.91. The second-order valence-corrected chi connectivity index (χ2v) is 4.78. The van der Waals surface area contributed by atoms with Gasteiger partial charge in [0.1, 0.15) is 11.6 Å². The van der Waals surface area contributed by atoms with Crippen molar-refractivity contribution in [3.63, 3.8) is 0 Å². The Bertz CT molecular complexity index is 623. The zero-order valence-electron chi connectivity index (χ0n) is 10.8. The van der Waals surface area contributed by atoms with Crippen molar-refractivity contribution < 1.29 is 9.18 Å². The van der Waals surface area contributed by atoms with Crippen molar-refractivity contribution >= 4 is 17.4 Å². The van der Waals surface area contributed by atoms with Crippen LogP contribution in [0.5, 0.6) is 0 Å². The summed E-state index contributed by atoms with van der Waals surface area (Å²) in [5, 5.41) is 5.88. The van der Waals surface area contributed by atoms with Gasteiger partial charge in [-0.25, -0.2) is 9.37 Å². The van der Waals surface area contributed by atoms with E-state index in [-0.39, 0.29) is 5.56 Å². The molecule has 1 aromatic carbocycles. The van der Waals surface area contributed by atoms with Gasteiger partial charge >= 0.3 is 0 Å². The first-order valence-corrected chi connectivity index (χ1v) is 6.51. The van der Waals surface area contributed by atoms with E-state index in [0.29, 0.717) is 11.7 Å². The number of rotatable bonds is 4. The van der Waals surface area contributed by atoms with Crippen LogP contribution in [0, 0.1) is 5.82 Å². The summed E-state index contributed by atoms with van der Waals surface area (Å²) < 4.78 is 13.5. The third kappa shape index (κ3) is 2.93. The van der Waals surface area contributed by atoms with Crippen molar-refractivity contribution in [1.29, 1.82) is 0 Å². The molecule has 0 radical (unpaired) electrons. The summed E-state index contributed by atoms with van der Waals surface area (Å²) >= 11 is 0. The Morgan fingerprint density at radius 3 is 2.65 bits per heavy atom. The monoisotopic (exact) mass is 271 g/mol. The molecule has 1 saturated carbocycles. The van der Waals surface area contributed by atoms with Crippen LogP contribution in [0.15, 0.2) is 42.6 Å². The molecule has 3 rings (SSSR count). The lowest BCUT2D eigenvalue weighted by atomic mass is 10.2. The maximum absolute atomic E-state index is 13.5. The summed E-state index contributed by atoms with van der Waals surface area (Å²) in [4.78, 5) is 16.1. The molecule has 0 spiro atoms. The number of carbonyl (C=O) groups is 1. The van der Waals surface area contributed by atoms with E-state index in [1.807, 2.05) is 0 Å². The van der Waals surface area contributed by atoms with Gasteiger partial charge in [0.15, 0.2) is 0 Å². The fourth-order valence-electron chi connectivity index (χ4n) is 1.83. The minimum absolute atomic E-state index is 0.0210. The Kier molecular flexibility index (Phi) is 3.33. The molecule has 1 aliphatic carbocycles. The molecular weight excluding hydrogens is 257 g/mol. The van der Waals surface area contributed by atoms with Gasteiger partial charge in [-0.2, -0.15) is 0 Å². The largest absolute Gasteiger partial charge is 0.367 e.